The van der Waals surface area contributed by atoms with Crippen LogP contribution in [0, 0.1) is 0 Å². The molecule has 0 aliphatic carbocycles. The summed E-state index contributed by atoms with van der Waals surface area (Å²) in [6.07, 6.45) is 0.872. The normalized spacial score (nSPS) is 11.0. The van der Waals surface area contributed by atoms with Crippen molar-refractivity contribution in [3.63, 3.8) is 0 Å². The lowest BCUT2D eigenvalue weighted by Crippen LogP contribution is -2.38. The van der Waals surface area contributed by atoms with Gasteiger partial charge in [0.15, 0.2) is 0 Å². The second-order valence-electron chi connectivity index (χ2n) is 6.55. The number of aryl methyl sites for hydroxylation is 1. The summed E-state index contributed by atoms with van der Waals surface area (Å²) in [6.45, 7) is 1.57. The second-order valence-corrected chi connectivity index (χ2v) is 9.30. The first-order valence-corrected chi connectivity index (χ1v) is 11.8. The van der Waals surface area contributed by atoms with E-state index in [9.17, 15) is 18.0 Å². The topological polar surface area (TPSA) is 92.8 Å². The highest BCUT2D eigenvalue weighted by molar-refractivity contribution is 7.93. The van der Waals surface area contributed by atoms with E-state index in [1.807, 2.05) is 19.1 Å². The van der Waals surface area contributed by atoms with Gasteiger partial charge in [-0.05, 0) is 47.7 Å². The van der Waals surface area contributed by atoms with Crippen LogP contribution in [0.25, 0.3) is 0 Å². The molecular formula is C22H22N2O5S2. The largest absolute Gasteiger partial charge is 0.465 e. The van der Waals surface area contributed by atoms with Crippen LogP contribution in [0.15, 0.2) is 70.9 Å². The third kappa shape index (κ3) is 5.12. The number of anilines is 2. The molecule has 0 spiro atoms. The number of nitrogens with zero attached hydrogens (tertiary/aromatic N) is 1. The van der Waals surface area contributed by atoms with Gasteiger partial charge in [0, 0.05) is 5.69 Å². The predicted molar refractivity (Wildman–Crippen MR) is 121 cm³/mol. The van der Waals surface area contributed by atoms with Crippen molar-refractivity contribution in [3.05, 3.63) is 76.5 Å². The zero-order chi connectivity index (χ0) is 22.4. The first-order valence-electron chi connectivity index (χ1n) is 9.49. The Morgan fingerprint density at radius 2 is 1.71 bits per heavy atom. The summed E-state index contributed by atoms with van der Waals surface area (Å²) in [7, 11) is -3.03. The smallest absolute Gasteiger partial charge is 0.349 e. The molecule has 0 bridgehead atoms. The van der Waals surface area contributed by atoms with Gasteiger partial charge in [-0.3, -0.25) is 9.10 Å². The number of benzene rings is 2. The molecule has 1 amide bonds. The first-order chi connectivity index (χ1) is 14.9. The molecule has 162 valence electrons. The van der Waals surface area contributed by atoms with Gasteiger partial charge in [0.1, 0.15) is 16.3 Å². The fraction of sp³-hybridized carbons (Fsp3) is 0.182. The number of ether oxygens (including phenoxy) is 1. The maximum absolute atomic E-state index is 13.5. The van der Waals surface area contributed by atoms with Crippen LogP contribution in [0.2, 0.25) is 0 Å². The molecule has 0 fully saturated rings. The lowest BCUT2D eigenvalue weighted by atomic mass is 10.1. The molecule has 0 radical (unpaired) electrons. The number of nitrogens with one attached hydrogen (secondary N) is 1. The zero-order valence-electron chi connectivity index (χ0n) is 17.1. The Balaban J connectivity index is 1.93. The van der Waals surface area contributed by atoms with Crippen LogP contribution in [0.1, 0.15) is 22.2 Å². The molecule has 1 N–H and O–H groups in total. The number of rotatable bonds is 8. The van der Waals surface area contributed by atoms with Gasteiger partial charge >= 0.3 is 5.97 Å². The van der Waals surface area contributed by atoms with Crippen molar-refractivity contribution in [1.29, 1.82) is 0 Å². The van der Waals surface area contributed by atoms with Gasteiger partial charge in [-0.25, -0.2) is 13.2 Å². The Labute approximate surface area is 185 Å². The number of para-hydroxylation sites is 1. The van der Waals surface area contributed by atoms with Gasteiger partial charge in [0.05, 0.1) is 12.8 Å². The van der Waals surface area contributed by atoms with Crippen LogP contribution >= 0.6 is 11.3 Å². The van der Waals surface area contributed by atoms with Gasteiger partial charge < -0.3 is 10.1 Å². The van der Waals surface area contributed by atoms with E-state index >= 15 is 0 Å². The lowest BCUT2D eigenvalue weighted by molar-refractivity contribution is -0.114. The summed E-state index contributed by atoms with van der Waals surface area (Å²) in [5.74, 6) is -1.26. The van der Waals surface area contributed by atoms with Gasteiger partial charge in [-0.15, -0.1) is 11.3 Å². The molecule has 9 heteroatoms. The Morgan fingerprint density at radius 1 is 1.03 bits per heavy atom. The summed E-state index contributed by atoms with van der Waals surface area (Å²) in [5.41, 5.74) is 2.00. The maximum Gasteiger partial charge on any atom is 0.349 e. The van der Waals surface area contributed by atoms with E-state index in [4.69, 9.17) is 4.74 Å². The van der Waals surface area contributed by atoms with E-state index in [1.165, 1.54) is 18.6 Å². The Morgan fingerprint density at radius 3 is 2.32 bits per heavy atom. The van der Waals surface area contributed by atoms with Crippen molar-refractivity contribution in [2.75, 3.05) is 23.3 Å². The van der Waals surface area contributed by atoms with Crippen molar-refractivity contribution >= 4 is 44.6 Å². The summed E-state index contributed by atoms with van der Waals surface area (Å²) >= 11 is 0.966. The van der Waals surface area contributed by atoms with Crippen molar-refractivity contribution in [1.82, 2.24) is 0 Å². The molecule has 0 saturated heterocycles. The fourth-order valence-corrected chi connectivity index (χ4v) is 5.66. The SMILES string of the molecule is CCc1ccc(NC(=O)CN(c2ccccc2)S(=O)(=O)c2ccsc2C(=O)OC)cc1. The Hall–Kier alpha value is -3.17. The molecule has 0 aliphatic rings. The Kier molecular flexibility index (Phi) is 7.09. The third-order valence-corrected chi connectivity index (χ3v) is 7.39. The van der Waals surface area contributed by atoms with Gasteiger partial charge in [-0.1, -0.05) is 37.3 Å². The molecule has 1 aromatic heterocycles. The number of amides is 1. The standard InChI is InChI=1S/C22H22N2O5S2/c1-3-16-9-11-17(12-10-16)23-20(25)15-24(18-7-5-4-6-8-18)31(27,28)19-13-14-30-21(19)22(26)29-2/h4-14H,3,15H2,1-2H3,(H,23,25). The molecule has 7 nitrogen and oxygen atoms in total. The van der Waals surface area contributed by atoms with E-state index in [0.717, 1.165) is 27.6 Å². The second kappa shape index (κ2) is 9.76. The quantitative estimate of drug-likeness (QED) is 0.516. The van der Waals surface area contributed by atoms with Crippen LogP contribution in [0.5, 0.6) is 0 Å². The van der Waals surface area contributed by atoms with Crippen LogP contribution in [-0.4, -0.2) is 33.9 Å². The van der Waals surface area contributed by atoms with Crippen LogP contribution < -0.4 is 9.62 Å². The summed E-state index contributed by atoms with van der Waals surface area (Å²) in [4.78, 5) is 24.5. The predicted octanol–water partition coefficient (Wildman–Crippen LogP) is 3.93. The summed E-state index contributed by atoms with van der Waals surface area (Å²) < 4.78 is 32.6. The van der Waals surface area contributed by atoms with E-state index in [0.29, 0.717) is 11.4 Å². The zero-order valence-corrected chi connectivity index (χ0v) is 18.7. The van der Waals surface area contributed by atoms with E-state index in [-0.39, 0.29) is 9.77 Å². The van der Waals surface area contributed by atoms with Crippen molar-refractivity contribution < 1.29 is 22.7 Å². The number of methoxy groups -OCH3 is 1. The first kappa shape index (κ1) is 22.5. The minimum atomic E-state index is -4.21. The van der Waals surface area contributed by atoms with Gasteiger partial charge in [0.25, 0.3) is 10.0 Å². The molecule has 0 aliphatic heterocycles. The molecule has 1 heterocycles. The highest BCUT2D eigenvalue weighted by atomic mass is 32.2. The molecule has 3 aromatic rings. The third-order valence-electron chi connectivity index (χ3n) is 4.55. The maximum atomic E-state index is 13.5. The number of thiophene rings is 1. The number of hydrogen-bond acceptors (Lipinski definition) is 6. The summed E-state index contributed by atoms with van der Waals surface area (Å²) in [5, 5.41) is 4.22. The van der Waals surface area contributed by atoms with Crippen molar-refractivity contribution in [2.45, 2.75) is 18.2 Å². The molecule has 0 unspecified atom stereocenters. The number of carbonyl (C=O) groups excluding carboxylic acids is 2. The molecule has 31 heavy (non-hydrogen) atoms. The number of hydrogen-bond donors (Lipinski definition) is 1. The van der Waals surface area contributed by atoms with Crippen molar-refractivity contribution in [3.8, 4) is 0 Å². The van der Waals surface area contributed by atoms with Crippen LogP contribution in [0.3, 0.4) is 0 Å². The molecule has 0 saturated carbocycles. The monoisotopic (exact) mass is 458 g/mol. The minimum absolute atomic E-state index is 0.0426. The highest BCUT2D eigenvalue weighted by Crippen LogP contribution is 2.29. The minimum Gasteiger partial charge on any atom is -0.465 e. The van der Waals surface area contributed by atoms with E-state index in [1.54, 1.807) is 42.5 Å². The lowest BCUT2D eigenvalue weighted by Gasteiger charge is -2.24. The van der Waals surface area contributed by atoms with Gasteiger partial charge in [0.2, 0.25) is 5.91 Å². The van der Waals surface area contributed by atoms with E-state index in [2.05, 4.69) is 5.32 Å². The molecule has 0 atom stereocenters. The fourth-order valence-electron chi connectivity index (χ4n) is 2.92. The molecular weight excluding hydrogens is 436 g/mol. The number of carbonyl (C=O) groups is 2. The van der Waals surface area contributed by atoms with E-state index < -0.39 is 28.4 Å². The van der Waals surface area contributed by atoms with Crippen molar-refractivity contribution in [2.24, 2.45) is 0 Å². The average Bonchev–Trinajstić information content (AvgIpc) is 3.29. The Bertz CT molecular complexity index is 1160. The number of sulfonamides is 1. The van der Waals surface area contributed by atoms with Crippen LogP contribution in [-0.2, 0) is 26.0 Å². The molecule has 2 aromatic carbocycles. The highest BCUT2D eigenvalue weighted by Gasteiger charge is 2.32. The number of esters is 1. The van der Waals surface area contributed by atoms with Gasteiger partial charge in [-0.2, -0.15) is 0 Å². The van der Waals surface area contributed by atoms with Crippen LogP contribution in [0.4, 0.5) is 11.4 Å². The molecule has 3 rings (SSSR count). The summed E-state index contributed by atoms with van der Waals surface area (Å²) in [6, 6.07) is 16.9. The average molecular weight is 459 g/mol.